The Balaban J connectivity index is 3.97. The number of carbonyl (C=O) groups excluding carboxylic acids is 2. The Morgan fingerprint density at radius 2 is 2.33 bits per heavy atom. The third-order valence-electron chi connectivity index (χ3n) is 1.37. The maximum atomic E-state index is 11.1. The number of aldehydes is 1. The molecule has 0 rings (SSSR count). The van der Waals surface area contributed by atoms with Crippen molar-refractivity contribution in [2.45, 2.75) is 13.3 Å². The number of nitrogens with zero attached hydrogens (tertiary/aromatic N) is 2. The Morgan fingerprint density at radius 1 is 1.67 bits per heavy atom. The molecule has 12 heavy (non-hydrogen) atoms. The first kappa shape index (κ1) is 11.0. The monoisotopic (exact) mass is 167 g/mol. The van der Waals surface area contributed by atoms with Crippen LogP contribution in [0.5, 0.6) is 0 Å². The van der Waals surface area contributed by atoms with Crippen molar-refractivity contribution in [1.29, 1.82) is 0 Å². The summed E-state index contributed by atoms with van der Waals surface area (Å²) >= 11 is 0. The van der Waals surface area contributed by atoms with E-state index in [1.807, 2.05) is 6.92 Å². The van der Waals surface area contributed by atoms with E-state index in [0.717, 1.165) is 6.42 Å². The SMILES string of the molecule is [B]=NCC(=O)N(CC=O)CCC. The van der Waals surface area contributed by atoms with E-state index in [1.165, 1.54) is 4.90 Å². The Hall–Kier alpha value is -0.995. The normalized spacial score (nSPS) is 9.00. The summed E-state index contributed by atoms with van der Waals surface area (Å²) in [6, 6.07) is 0. The van der Waals surface area contributed by atoms with Crippen molar-refractivity contribution in [3.05, 3.63) is 0 Å². The van der Waals surface area contributed by atoms with Gasteiger partial charge in [0, 0.05) is 0 Å². The first-order valence-electron chi connectivity index (χ1n) is 3.84. The predicted molar refractivity (Wildman–Crippen MR) is 46.0 cm³/mol. The molecule has 65 valence electrons. The van der Waals surface area contributed by atoms with Crippen molar-refractivity contribution < 1.29 is 9.59 Å². The van der Waals surface area contributed by atoms with Gasteiger partial charge in [0.25, 0.3) is 0 Å². The third kappa shape index (κ3) is 4.00. The molecule has 0 aromatic rings. The summed E-state index contributed by atoms with van der Waals surface area (Å²) < 4.78 is 0. The molecule has 0 bridgehead atoms. The van der Waals surface area contributed by atoms with Gasteiger partial charge in [0.1, 0.15) is 0 Å². The zero-order valence-corrected chi connectivity index (χ0v) is 7.19. The molecule has 0 aromatic carbocycles. The molecule has 0 saturated carbocycles. The summed E-state index contributed by atoms with van der Waals surface area (Å²) in [5.41, 5.74) is 0. The Morgan fingerprint density at radius 3 is 2.75 bits per heavy atom. The molecule has 0 unspecified atom stereocenters. The summed E-state index contributed by atoms with van der Waals surface area (Å²) in [4.78, 5) is 25.9. The van der Waals surface area contributed by atoms with E-state index in [0.29, 0.717) is 12.8 Å². The van der Waals surface area contributed by atoms with Crippen LogP contribution in [0.1, 0.15) is 13.3 Å². The molecule has 0 spiro atoms. The first-order valence-corrected chi connectivity index (χ1v) is 3.84. The Kier molecular flexibility index (Phi) is 6.14. The van der Waals surface area contributed by atoms with E-state index in [9.17, 15) is 9.59 Å². The van der Waals surface area contributed by atoms with Gasteiger partial charge >= 0.3 is 72.2 Å². The molecular weight excluding hydrogens is 155 g/mol. The molecule has 0 saturated heterocycles. The van der Waals surface area contributed by atoms with E-state index in [-0.39, 0.29) is 19.0 Å². The molecule has 0 aliphatic rings. The van der Waals surface area contributed by atoms with Crippen LogP contribution in [0, 0.1) is 0 Å². The van der Waals surface area contributed by atoms with Crippen LogP contribution < -0.4 is 0 Å². The maximum absolute atomic E-state index is 11.1. The van der Waals surface area contributed by atoms with Gasteiger partial charge in [-0.25, -0.2) is 0 Å². The van der Waals surface area contributed by atoms with Crippen molar-refractivity contribution in [2.24, 2.45) is 4.90 Å². The first-order chi connectivity index (χ1) is 5.76. The molecule has 0 heterocycles. The van der Waals surface area contributed by atoms with Crippen LogP contribution in [0.25, 0.3) is 0 Å². The van der Waals surface area contributed by atoms with E-state index >= 15 is 0 Å². The van der Waals surface area contributed by atoms with Crippen LogP contribution >= 0.6 is 0 Å². The summed E-state index contributed by atoms with van der Waals surface area (Å²) in [5.74, 6) is -0.202. The van der Waals surface area contributed by atoms with Crippen molar-refractivity contribution >= 4 is 19.8 Å². The van der Waals surface area contributed by atoms with Gasteiger partial charge in [-0.2, -0.15) is 0 Å². The minimum absolute atomic E-state index is 0.0478. The van der Waals surface area contributed by atoms with Crippen LogP contribution in [0.2, 0.25) is 0 Å². The van der Waals surface area contributed by atoms with Crippen LogP contribution in [-0.2, 0) is 9.59 Å². The third-order valence-corrected chi connectivity index (χ3v) is 1.37. The average molecular weight is 167 g/mol. The standard InChI is InChI=1S/C7H12BN2O2/c1-2-3-10(4-5-11)7(12)6-9-8/h5H,2-4,6H2,1H3. The second kappa shape index (κ2) is 6.70. The van der Waals surface area contributed by atoms with Gasteiger partial charge in [0.05, 0.1) is 0 Å². The number of rotatable bonds is 6. The topological polar surface area (TPSA) is 49.7 Å². The second-order valence-corrected chi connectivity index (χ2v) is 2.35. The predicted octanol–water partition coefficient (Wildman–Crippen LogP) is -0.224. The van der Waals surface area contributed by atoms with Gasteiger partial charge in [-0.15, -0.1) is 0 Å². The molecular formula is C7H12BN2O2. The fourth-order valence-electron chi connectivity index (χ4n) is 0.856. The van der Waals surface area contributed by atoms with Crippen LogP contribution in [0.3, 0.4) is 0 Å². The van der Waals surface area contributed by atoms with Crippen LogP contribution in [-0.4, -0.2) is 44.4 Å². The second-order valence-electron chi connectivity index (χ2n) is 2.35. The van der Waals surface area contributed by atoms with Crippen molar-refractivity contribution in [3.63, 3.8) is 0 Å². The summed E-state index contributed by atoms with van der Waals surface area (Å²) in [6.45, 7) is 2.59. The van der Waals surface area contributed by atoms with E-state index in [1.54, 1.807) is 0 Å². The molecule has 0 aliphatic carbocycles. The van der Waals surface area contributed by atoms with Gasteiger partial charge in [-0.3, -0.25) is 0 Å². The molecule has 0 N–H and O–H groups in total. The van der Waals surface area contributed by atoms with E-state index in [4.69, 9.17) is 7.64 Å². The molecule has 0 aromatic heterocycles. The summed E-state index contributed by atoms with van der Waals surface area (Å²) in [6.07, 6.45) is 1.52. The van der Waals surface area contributed by atoms with Crippen molar-refractivity contribution in [1.82, 2.24) is 4.90 Å². The van der Waals surface area contributed by atoms with E-state index < -0.39 is 0 Å². The van der Waals surface area contributed by atoms with E-state index in [2.05, 4.69) is 4.90 Å². The molecule has 4 nitrogen and oxygen atoms in total. The average Bonchev–Trinajstić information content (AvgIpc) is 2.04. The zero-order valence-electron chi connectivity index (χ0n) is 7.19. The minimum atomic E-state index is -0.202. The zero-order chi connectivity index (χ0) is 9.40. The van der Waals surface area contributed by atoms with Gasteiger partial charge in [-0.05, 0) is 0 Å². The van der Waals surface area contributed by atoms with Gasteiger partial charge in [0.15, 0.2) is 0 Å². The Labute approximate surface area is 73.1 Å². The van der Waals surface area contributed by atoms with Crippen LogP contribution in [0.15, 0.2) is 4.90 Å². The molecule has 1 radical (unpaired) electrons. The number of carbonyl (C=O) groups is 2. The van der Waals surface area contributed by atoms with Crippen LogP contribution in [0.4, 0.5) is 0 Å². The number of amides is 1. The molecule has 5 heteroatoms. The van der Waals surface area contributed by atoms with Crippen molar-refractivity contribution in [2.75, 3.05) is 19.6 Å². The molecule has 0 aliphatic heterocycles. The number of hydrogen-bond acceptors (Lipinski definition) is 3. The fourth-order valence-corrected chi connectivity index (χ4v) is 0.856. The fraction of sp³-hybridized carbons (Fsp3) is 0.714. The summed E-state index contributed by atoms with van der Waals surface area (Å²) in [5, 5.41) is 0. The quantitative estimate of drug-likeness (QED) is 0.405. The summed E-state index contributed by atoms with van der Waals surface area (Å²) in [7, 11) is 4.85. The molecule has 0 atom stereocenters. The van der Waals surface area contributed by atoms with Gasteiger partial charge in [-0.1, -0.05) is 0 Å². The van der Waals surface area contributed by atoms with Gasteiger partial charge < -0.3 is 0 Å². The Bertz CT molecular complexity index is 173. The number of hydrogen-bond donors (Lipinski definition) is 0. The molecule has 1 amide bonds. The van der Waals surface area contributed by atoms with Crippen molar-refractivity contribution in [3.8, 4) is 0 Å². The van der Waals surface area contributed by atoms with Gasteiger partial charge in [0.2, 0.25) is 0 Å². The molecule has 0 fully saturated rings.